The molecule has 2 aromatic carbocycles. The maximum absolute atomic E-state index is 13.0. The predicted molar refractivity (Wildman–Crippen MR) is 123 cm³/mol. The van der Waals surface area contributed by atoms with Crippen LogP contribution in [-0.2, 0) is 20.9 Å². The molecule has 2 aliphatic heterocycles. The van der Waals surface area contributed by atoms with Crippen molar-refractivity contribution in [3.8, 4) is 0 Å². The highest BCUT2D eigenvalue weighted by Crippen LogP contribution is 2.41. The number of hydrogen-bond donors (Lipinski definition) is 2. The van der Waals surface area contributed by atoms with E-state index in [4.69, 9.17) is 4.74 Å². The Bertz CT molecular complexity index is 1040. The number of nitrogens with zero attached hydrogens (tertiary/aromatic N) is 2. The van der Waals surface area contributed by atoms with Gasteiger partial charge in [0.05, 0.1) is 19.8 Å². The number of amides is 3. The van der Waals surface area contributed by atoms with Gasteiger partial charge in [0.2, 0.25) is 11.8 Å². The summed E-state index contributed by atoms with van der Waals surface area (Å²) < 4.78 is 5.39. The van der Waals surface area contributed by atoms with Gasteiger partial charge in [-0.2, -0.15) is 0 Å². The second-order valence-corrected chi connectivity index (χ2v) is 8.69. The zero-order valence-electron chi connectivity index (χ0n) is 18.5. The molecule has 1 saturated heterocycles. The molecular formula is C25H28N4O4. The maximum Gasteiger partial charge on any atom is 0.255 e. The highest BCUT2D eigenvalue weighted by atomic mass is 16.5. The van der Waals surface area contributed by atoms with Gasteiger partial charge in [0, 0.05) is 36.9 Å². The number of carbonyl (C=O) groups is 3. The van der Waals surface area contributed by atoms with E-state index in [2.05, 4.69) is 27.7 Å². The van der Waals surface area contributed by atoms with E-state index in [0.717, 1.165) is 50.4 Å². The molecule has 172 valence electrons. The normalized spacial score (nSPS) is 19.9. The number of morpholine rings is 1. The summed E-state index contributed by atoms with van der Waals surface area (Å²) in [6, 6.07) is 14.8. The lowest BCUT2D eigenvalue weighted by Gasteiger charge is -2.28. The van der Waals surface area contributed by atoms with Crippen molar-refractivity contribution >= 4 is 23.4 Å². The molecule has 2 fully saturated rings. The molecule has 8 heteroatoms. The molecule has 0 bridgehead atoms. The van der Waals surface area contributed by atoms with Crippen LogP contribution in [0.15, 0.2) is 48.5 Å². The van der Waals surface area contributed by atoms with Crippen molar-refractivity contribution < 1.29 is 19.1 Å². The van der Waals surface area contributed by atoms with Crippen LogP contribution in [0, 0.1) is 0 Å². The first kappa shape index (κ1) is 21.5. The van der Waals surface area contributed by atoms with E-state index in [0.29, 0.717) is 17.7 Å². The molecule has 1 unspecified atom stereocenters. The highest BCUT2D eigenvalue weighted by Gasteiger charge is 2.47. The SMILES string of the molecule is O=C(CNC(=O)C1c2ccccc2C(=O)N1C1CC1)NCc1ccc(N2CCOCC2)cc1. The summed E-state index contributed by atoms with van der Waals surface area (Å²) in [6.07, 6.45) is 1.82. The molecule has 0 radical (unpaired) electrons. The first-order valence-corrected chi connectivity index (χ1v) is 11.5. The average Bonchev–Trinajstić information content (AvgIpc) is 3.66. The van der Waals surface area contributed by atoms with Gasteiger partial charge in [0.1, 0.15) is 6.04 Å². The van der Waals surface area contributed by atoms with Gasteiger partial charge < -0.3 is 25.2 Å². The fraction of sp³-hybridized carbons (Fsp3) is 0.400. The lowest BCUT2D eigenvalue weighted by molar-refractivity contribution is -0.129. The maximum atomic E-state index is 13.0. The van der Waals surface area contributed by atoms with Gasteiger partial charge in [0.25, 0.3) is 5.91 Å². The van der Waals surface area contributed by atoms with Gasteiger partial charge in [0.15, 0.2) is 0 Å². The van der Waals surface area contributed by atoms with E-state index in [9.17, 15) is 14.4 Å². The van der Waals surface area contributed by atoms with Crippen molar-refractivity contribution in [1.82, 2.24) is 15.5 Å². The van der Waals surface area contributed by atoms with Gasteiger partial charge in [-0.15, -0.1) is 0 Å². The van der Waals surface area contributed by atoms with Crippen LogP contribution in [0.5, 0.6) is 0 Å². The van der Waals surface area contributed by atoms with Crippen LogP contribution in [0.25, 0.3) is 0 Å². The largest absolute Gasteiger partial charge is 0.378 e. The summed E-state index contributed by atoms with van der Waals surface area (Å²) in [5.74, 6) is -0.681. The first-order valence-electron chi connectivity index (χ1n) is 11.5. The van der Waals surface area contributed by atoms with Crippen LogP contribution in [0.3, 0.4) is 0 Å². The molecule has 5 rings (SSSR count). The lowest BCUT2D eigenvalue weighted by Crippen LogP contribution is -2.43. The Morgan fingerprint density at radius 3 is 2.42 bits per heavy atom. The van der Waals surface area contributed by atoms with E-state index >= 15 is 0 Å². The molecule has 3 amide bonds. The molecule has 1 aliphatic carbocycles. The minimum absolute atomic E-state index is 0.0989. The first-order chi connectivity index (χ1) is 16.1. The van der Waals surface area contributed by atoms with E-state index in [1.165, 1.54) is 0 Å². The topological polar surface area (TPSA) is 91.0 Å². The third-order valence-electron chi connectivity index (χ3n) is 6.41. The standard InChI is InChI=1S/C25H28N4O4/c30-22(26-15-17-5-7-18(8-6-17)28-11-13-33-14-12-28)16-27-24(31)23-20-3-1-2-4-21(20)25(32)29(23)19-9-10-19/h1-8,19,23H,9-16H2,(H,26,30)(H,27,31). The minimum atomic E-state index is -0.665. The van der Waals surface area contributed by atoms with Gasteiger partial charge in [-0.25, -0.2) is 0 Å². The second kappa shape index (κ2) is 9.23. The van der Waals surface area contributed by atoms with Crippen molar-refractivity contribution in [3.63, 3.8) is 0 Å². The Morgan fingerprint density at radius 1 is 0.970 bits per heavy atom. The number of rotatable bonds is 7. The summed E-state index contributed by atoms with van der Waals surface area (Å²) in [4.78, 5) is 42.0. The van der Waals surface area contributed by atoms with Crippen molar-refractivity contribution in [2.45, 2.75) is 31.5 Å². The Morgan fingerprint density at radius 2 is 1.70 bits per heavy atom. The molecule has 8 nitrogen and oxygen atoms in total. The summed E-state index contributed by atoms with van der Waals surface area (Å²) in [6.45, 7) is 3.49. The monoisotopic (exact) mass is 448 g/mol. The molecule has 0 spiro atoms. The fourth-order valence-electron chi connectivity index (χ4n) is 4.51. The van der Waals surface area contributed by atoms with E-state index < -0.39 is 6.04 Å². The van der Waals surface area contributed by atoms with Gasteiger partial charge in [-0.05, 0) is 42.2 Å². The molecule has 2 heterocycles. The number of fused-ring (bicyclic) bond motifs is 1. The Labute approximate surface area is 192 Å². The van der Waals surface area contributed by atoms with E-state index in [-0.39, 0.29) is 30.3 Å². The summed E-state index contributed by atoms with van der Waals surface area (Å²) in [7, 11) is 0. The zero-order valence-corrected chi connectivity index (χ0v) is 18.5. The van der Waals surface area contributed by atoms with Crippen molar-refractivity contribution in [2.24, 2.45) is 0 Å². The number of nitrogens with one attached hydrogen (secondary N) is 2. The molecular weight excluding hydrogens is 420 g/mol. The van der Waals surface area contributed by atoms with Gasteiger partial charge >= 0.3 is 0 Å². The van der Waals surface area contributed by atoms with Crippen LogP contribution in [0.2, 0.25) is 0 Å². The van der Waals surface area contributed by atoms with Crippen LogP contribution < -0.4 is 15.5 Å². The van der Waals surface area contributed by atoms with Crippen LogP contribution in [0.4, 0.5) is 5.69 Å². The number of ether oxygens (including phenoxy) is 1. The molecule has 1 atom stereocenters. The Kier molecular flexibility index (Phi) is 6.00. The molecule has 2 N–H and O–H groups in total. The van der Waals surface area contributed by atoms with Gasteiger partial charge in [-0.3, -0.25) is 14.4 Å². The smallest absolute Gasteiger partial charge is 0.255 e. The quantitative estimate of drug-likeness (QED) is 0.672. The minimum Gasteiger partial charge on any atom is -0.378 e. The summed E-state index contributed by atoms with van der Waals surface area (Å²) in [5, 5.41) is 5.57. The lowest BCUT2D eigenvalue weighted by atomic mass is 10.0. The molecule has 33 heavy (non-hydrogen) atoms. The number of carbonyl (C=O) groups excluding carboxylic acids is 3. The molecule has 0 aromatic heterocycles. The fourth-order valence-corrected chi connectivity index (χ4v) is 4.51. The van der Waals surface area contributed by atoms with Crippen molar-refractivity contribution in [2.75, 3.05) is 37.7 Å². The summed E-state index contributed by atoms with van der Waals surface area (Å²) >= 11 is 0. The molecule has 2 aromatic rings. The molecule has 1 saturated carbocycles. The Hall–Kier alpha value is -3.39. The van der Waals surface area contributed by atoms with Crippen molar-refractivity contribution in [1.29, 1.82) is 0 Å². The van der Waals surface area contributed by atoms with E-state index in [1.807, 2.05) is 30.3 Å². The number of hydrogen-bond acceptors (Lipinski definition) is 5. The van der Waals surface area contributed by atoms with Crippen LogP contribution in [-0.4, -0.2) is 61.5 Å². The average molecular weight is 449 g/mol. The zero-order chi connectivity index (χ0) is 22.8. The third kappa shape index (κ3) is 4.57. The van der Waals surface area contributed by atoms with Crippen molar-refractivity contribution in [3.05, 3.63) is 65.2 Å². The molecule has 3 aliphatic rings. The summed E-state index contributed by atoms with van der Waals surface area (Å²) in [5.41, 5.74) is 3.43. The van der Waals surface area contributed by atoms with Crippen LogP contribution in [0.1, 0.15) is 40.4 Å². The predicted octanol–water partition coefficient (Wildman–Crippen LogP) is 1.62. The second-order valence-electron chi connectivity index (χ2n) is 8.69. The van der Waals surface area contributed by atoms with Crippen LogP contribution >= 0.6 is 0 Å². The highest BCUT2D eigenvalue weighted by molar-refractivity contribution is 6.05. The number of anilines is 1. The van der Waals surface area contributed by atoms with Gasteiger partial charge in [-0.1, -0.05) is 30.3 Å². The Balaban J connectivity index is 1.13. The number of benzene rings is 2. The third-order valence-corrected chi connectivity index (χ3v) is 6.41. The van der Waals surface area contributed by atoms with E-state index in [1.54, 1.807) is 11.0 Å².